The highest BCUT2D eigenvalue weighted by molar-refractivity contribution is 7.67. The molecule has 0 heterocycles. The van der Waals surface area contributed by atoms with Crippen LogP contribution in [0.2, 0.25) is 0 Å². The Hall–Kier alpha value is -2.95. The van der Waals surface area contributed by atoms with E-state index in [9.17, 15) is 4.57 Å². The zero-order valence-corrected chi connectivity index (χ0v) is 21.0. The molecule has 0 unspecified atom stereocenters. The highest BCUT2D eigenvalue weighted by Crippen LogP contribution is 2.61. The van der Waals surface area contributed by atoms with E-state index in [0.29, 0.717) is 22.4 Å². The molecule has 3 aromatic carbocycles. The summed E-state index contributed by atoms with van der Waals surface area (Å²) < 4.78 is 32.3. The van der Waals surface area contributed by atoms with Gasteiger partial charge in [0.2, 0.25) is 0 Å². The van der Waals surface area contributed by atoms with Crippen molar-refractivity contribution in [2.24, 2.45) is 0 Å². The molecule has 3 aromatic rings. The van der Waals surface area contributed by atoms with Gasteiger partial charge in [-0.1, -0.05) is 18.2 Å². The van der Waals surface area contributed by atoms with Gasteiger partial charge in [0.05, 0.1) is 20.3 Å². The van der Waals surface area contributed by atoms with Crippen molar-refractivity contribution in [3.05, 3.63) is 78.4 Å². The van der Waals surface area contributed by atoms with Crippen LogP contribution in [0.25, 0.3) is 0 Å². The first-order valence-electron chi connectivity index (χ1n) is 10.9. The van der Waals surface area contributed by atoms with Crippen LogP contribution in [-0.2, 0) is 9.09 Å². The average Bonchev–Trinajstić information content (AvgIpc) is 2.82. The fourth-order valence-electron chi connectivity index (χ4n) is 3.63. The molecule has 176 valence electrons. The third kappa shape index (κ3) is 5.70. The molecule has 2 atom stereocenters. The Morgan fingerprint density at radius 2 is 1.55 bits per heavy atom. The van der Waals surface area contributed by atoms with Crippen LogP contribution >= 0.6 is 7.37 Å². The first-order chi connectivity index (χ1) is 15.8. The minimum absolute atomic E-state index is 0.263. The second-order valence-electron chi connectivity index (χ2n) is 8.18. The number of nitrogens with zero attached hydrogens (tertiary/aromatic N) is 1. The van der Waals surface area contributed by atoms with Crippen molar-refractivity contribution in [1.82, 2.24) is 0 Å². The Bertz CT molecular complexity index is 1090. The molecular weight excluding hydrogens is 435 g/mol. The Morgan fingerprint density at radius 3 is 2.09 bits per heavy atom. The zero-order chi connectivity index (χ0) is 24.0. The molecule has 3 rings (SSSR count). The van der Waals surface area contributed by atoms with E-state index >= 15 is 0 Å². The van der Waals surface area contributed by atoms with Gasteiger partial charge in [-0.3, -0.25) is 4.57 Å². The number of para-hydroxylation sites is 1. The molecule has 0 saturated heterocycles. The molecule has 0 saturated carbocycles. The third-order valence-corrected chi connectivity index (χ3v) is 8.08. The average molecular weight is 469 g/mol. The number of benzene rings is 3. The molecule has 0 radical (unpaired) electrons. The van der Waals surface area contributed by atoms with Crippen molar-refractivity contribution in [2.45, 2.75) is 25.7 Å². The Labute approximate surface area is 196 Å². The molecule has 0 aliphatic carbocycles. The number of hydrogen-bond donors (Lipinski definition) is 1. The molecule has 0 aliphatic heterocycles. The molecular formula is C26H33N2O4P. The molecule has 1 N–H and O–H groups in total. The van der Waals surface area contributed by atoms with Crippen LogP contribution in [-0.4, -0.2) is 34.4 Å². The van der Waals surface area contributed by atoms with Gasteiger partial charge in [-0.2, -0.15) is 0 Å². The fourth-order valence-corrected chi connectivity index (χ4v) is 6.25. The number of hydrogen-bond acceptors (Lipinski definition) is 6. The number of methoxy groups -OCH3 is 2. The van der Waals surface area contributed by atoms with Crippen molar-refractivity contribution in [1.29, 1.82) is 0 Å². The highest BCUT2D eigenvalue weighted by Gasteiger charge is 2.40. The van der Waals surface area contributed by atoms with Gasteiger partial charge in [0.25, 0.3) is 7.37 Å². The minimum atomic E-state index is -3.51. The molecule has 0 fully saturated rings. The lowest BCUT2D eigenvalue weighted by molar-refractivity contribution is 0.245. The maximum absolute atomic E-state index is 14.9. The predicted octanol–water partition coefficient (Wildman–Crippen LogP) is 5.91. The molecule has 6 nitrogen and oxygen atoms in total. The van der Waals surface area contributed by atoms with Crippen LogP contribution in [0.3, 0.4) is 0 Å². The first-order valence-corrected chi connectivity index (χ1v) is 12.6. The summed E-state index contributed by atoms with van der Waals surface area (Å²) >= 11 is 0. The Morgan fingerprint density at radius 1 is 0.879 bits per heavy atom. The lowest BCUT2D eigenvalue weighted by atomic mass is 10.1. The van der Waals surface area contributed by atoms with Crippen molar-refractivity contribution >= 4 is 24.0 Å². The second-order valence-corrected chi connectivity index (χ2v) is 10.6. The number of rotatable bonds is 10. The minimum Gasteiger partial charge on any atom is -0.497 e. The van der Waals surface area contributed by atoms with Crippen LogP contribution < -0.4 is 25.0 Å². The molecule has 0 spiro atoms. The molecule has 33 heavy (non-hydrogen) atoms. The summed E-state index contributed by atoms with van der Waals surface area (Å²) in [7, 11) is 3.64. The van der Waals surface area contributed by atoms with E-state index in [0.717, 1.165) is 11.4 Å². The van der Waals surface area contributed by atoms with E-state index in [1.165, 1.54) is 0 Å². The van der Waals surface area contributed by atoms with Crippen molar-refractivity contribution < 1.29 is 18.6 Å². The predicted molar refractivity (Wildman–Crippen MR) is 137 cm³/mol. The quantitative estimate of drug-likeness (QED) is 0.373. The van der Waals surface area contributed by atoms with E-state index in [-0.39, 0.29) is 6.10 Å². The van der Waals surface area contributed by atoms with Gasteiger partial charge >= 0.3 is 0 Å². The van der Waals surface area contributed by atoms with Gasteiger partial charge in [0.1, 0.15) is 17.3 Å². The SMILES string of the molecule is COc1ccc(OC)c([C@@H](Nc2ccccc2)[P@@](=O)(OC(C)C)c2ccc(N(C)C)cc2)c1. The van der Waals surface area contributed by atoms with E-state index in [1.807, 2.05) is 106 Å². The lowest BCUT2D eigenvalue weighted by Crippen LogP contribution is -2.23. The van der Waals surface area contributed by atoms with Gasteiger partial charge in [0.15, 0.2) is 0 Å². The Balaban J connectivity index is 2.23. The van der Waals surface area contributed by atoms with Crippen molar-refractivity contribution in [3.8, 4) is 11.5 Å². The van der Waals surface area contributed by atoms with Crippen LogP contribution in [0.4, 0.5) is 11.4 Å². The molecule has 0 aromatic heterocycles. The van der Waals surface area contributed by atoms with Crippen molar-refractivity contribution in [3.63, 3.8) is 0 Å². The lowest BCUT2D eigenvalue weighted by Gasteiger charge is -2.32. The summed E-state index contributed by atoms with van der Waals surface area (Å²) in [4.78, 5) is 2.00. The first kappa shape index (κ1) is 24.7. The number of ether oxygens (including phenoxy) is 2. The van der Waals surface area contributed by atoms with Crippen LogP contribution in [0.1, 0.15) is 25.2 Å². The monoisotopic (exact) mass is 468 g/mol. The van der Waals surface area contributed by atoms with Gasteiger partial charge in [0, 0.05) is 36.3 Å². The Kier molecular flexibility index (Phi) is 8.06. The molecule has 7 heteroatoms. The summed E-state index contributed by atoms with van der Waals surface area (Å²) in [5, 5.41) is 4.09. The van der Waals surface area contributed by atoms with Crippen LogP contribution in [0.5, 0.6) is 11.5 Å². The normalized spacial score (nSPS) is 13.8. The maximum atomic E-state index is 14.9. The molecule has 0 amide bonds. The number of anilines is 2. The smallest absolute Gasteiger partial charge is 0.258 e. The zero-order valence-electron chi connectivity index (χ0n) is 20.1. The van der Waals surface area contributed by atoms with Gasteiger partial charge in [-0.25, -0.2) is 0 Å². The van der Waals surface area contributed by atoms with Gasteiger partial charge in [-0.05, 0) is 68.4 Å². The van der Waals surface area contributed by atoms with Crippen LogP contribution in [0, 0.1) is 0 Å². The maximum Gasteiger partial charge on any atom is 0.258 e. The second kappa shape index (κ2) is 10.8. The summed E-state index contributed by atoms with van der Waals surface area (Å²) in [6.07, 6.45) is -0.263. The third-order valence-electron chi connectivity index (χ3n) is 5.24. The van der Waals surface area contributed by atoms with E-state index < -0.39 is 13.2 Å². The van der Waals surface area contributed by atoms with Gasteiger partial charge in [-0.15, -0.1) is 0 Å². The molecule has 0 bridgehead atoms. The van der Waals surface area contributed by atoms with E-state index in [2.05, 4.69) is 5.32 Å². The fraction of sp³-hybridized carbons (Fsp3) is 0.308. The standard InChI is InChI=1S/C26H33N2O4P/c1-19(2)32-33(29,23-15-12-21(13-16-23)28(3)4)26(27-20-10-8-7-9-11-20)24-18-22(30-5)14-17-25(24)31-6/h7-19,26-27H,1-6H3/t26-,33-/m0/s1. The summed E-state index contributed by atoms with van der Waals surface area (Å²) in [6.45, 7) is 3.78. The summed E-state index contributed by atoms with van der Waals surface area (Å²) in [5.41, 5.74) is 2.53. The topological polar surface area (TPSA) is 60.0 Å². The van der Waals surface area contributed by atoms with Gasteiger partial charge < -0.3 is 24.2 Å². The van der Waals surface area contributed by atoms with Crippen LogP contribution in [0.15, 0.2) is 72.8 Å². The number of nitrogens with one attached hydrogen (secondary N) is 1. The largest absolute Gasteiger partial charge is 0.497 e. The highest BCUT2D eigenvalue weighted by atomic mass is 31.2. The summed E-state index contributed by atoms with van der Waals surface area (Å²) in [6, 6.07) is 22.8. The van der Waals surface area contributed by atoms with E-state index in [4.69, 9.17) is 14.0 Å². The van der Waals surface area contributed by atoms with E-state index in [1.54, 1.807) is 14.2 Å². The molecule has 0 aliphatic rings. The van der Waals surface area contributed by atoms with Crippen molar-refractivity contribution in [2.75, 3.05) is 38.5 Å². The summed E-state index contributed by atoms with van der Waals surface area (Å²) in [5.74, 6) is 0.531.